The van der Waals surface area contributed by atoms with Crippen LogP contribution in [0.25, 0.3) is 22.5 Å². The smallest absolute Gasteiger partial charge is 0.433 e. The Labute approximate surface area is 215 Å². The lowest BCUT2D eigenvalue weighted by molar-refractivity contribution is -0.389. The van der Waals surface area contributed by atoms with Gasteiger partial charge in [0.1, 0.15) is 17.6 Å². The van der Waals surface area contributed by atoms with Crippen molar-refractivity contribution in [1.29, 1.82) is 0 Å². The lowest BCUT2D eigenvalue weighted by Crippen LogP contribution is -2.17. The van der Waals surface area contributed by atoms with Crippen molar-refractivity contribution < 1.29 is 32.4 Å². The molecule has 196 valence electrons. The molecule has 0 aliphatic heterocycles. The summed E-state index contributed by atoms with van der Waals surface area (Å²) >= 11 is 6.07. The van der Waals surface area contributed by atoms with E-state index >= 15 is 0 Å². The Bertz CT molecular complexity index is 1560. The predicted molar refractivity (Wildman–Crippen MR) is 126 cm³/mol. The molecular weight excluding hydrogens is 535 g/mol. The van der Waals surface area contributed by atoms with E-state index in [0.717, 1.165) is 23.0 Å². The van der Waals surface area contributed by atoms with E-state index in [0.29, 0.717) is 0 Å². The number of anilines is 1. The summed E-state index contributed by atoms with van der Waals surface area (Å²) < 4.78 is 47.3. The number of aromatic nitrogens is 5. The van der Waals surface area contributed by atoms with Crippen LogP contribution in [0.3, 0.4) is 0 Å². The van der Waals surface area contributed by atoms with Crippen molar-refractivity contribution in [2.24, 2.45) is 7.05 Å². The molecule has 12 nitrogen and oxygen atoms in total. The second-order valence-corrected chi connectivity index (χ2v) is 8.06. The molecule has 38 heavy (non-hydrogen) atoms. The first-order chi connectivity index (χ1) is 17.9. The molecule has 0 spiro atoms. The normalized spacial score (nSPS) is 11.3. The fraction of sp³-hybridized carbons (Fsp3) is 0.136. The number of H-pyrrole nitrogens is 1. The van der Waals surface area contributed by atoms with Gasteiger partial charge in [-0.3, -0.25) is 9.89 Å². The molecule has 0 saturated carbocycles. The number of rotatable bonds is 6. The molecule has 4 aromatic rings. The topological polar surface area (TPSA) is 158 Å². The molecule has 0 atom stereocenters. The molecule has 0 saturated heterocycles. The van der Waals surface area contributed by atoms with Crippen molar-refractivity contribution >= 4 is 35.0 Å². The van der Waals surface area contributed by atoms with Gasteiger partial charge < -0.3 is 24.7 Å². The number of alkyl halides is 3. The number of ether oxygens (including phenoxy) is 1. The lowest BCUT2D eigenvalue weighted by Gasteiger charge is -2.11. The van der Waals surface area contributed by atoms with Gasteiger partial charge in [-0.05, 0) is 34.2 Å². The van der Waals surface area contributed by atoms with E-state index in [9.17, 15) is 32.9 Å². The number of esters is 1. The monoisotopic (exact) mass is 549 g/mol. The molecular formula is C22H15ClF3N7O5. The van der Waals surface area contributed by atoms with Gasteiger partial charge in [0.05, 0.1) is 35.2 Å². The summed E-state index contributed by atoms with van der Waals surface area (Å²) in [5, 5.41) is 19.1. The molecule has 3 heterocycles. The number of hydrogen-bond acceptors (Lipinski definition) is 8. The van der Waals surface area contributed by atoms with E-state index in [4.69, 9.17) is 11.6 Å². The van der Waals surface area contributed by atoms with Crippen LogP contribution in [0.1, 0.15) is 26.7 Å². The number of nitrogens with one attached hydrogen (secondary N) is 2. The fourth-order valence-corrected chi connectivity index (χ4v) is 3.81. The highest BCUT2D eigenvalue weighted by molar-refractivity contribution is 6.34. The third-order valence-corrected chi connectivity index (χ3v) is 5.65. The molecule has 0 bridgehead atoms. The molecule has 1 amide bonds. The second kappa shape index (κ2) is 9.93. The highest BCUT2D eigenvalue weighted by Crippen LogP contribution is 2.41. The average Bonchev–Trinajstić information content (AvgIpc) is 3.47. The Hall–Kier alpha value is -4.79. The summed E-state index contributed by atoms with van der Waals surface area (Å²) in [6.45, 7) is 0. The van der Waals surface area contributed by atoms with Crippen molar-refractivity contribution in [1.82, 2.24) is 24.7 Å². The summed E-state index contributed by atoms with van der Waals surface area (Å²) in [5.74, 6) is -2.21. The van der Waals surface area contributed by atoms with Crippen LogP contribution in [0, 0.1) is 10.1 Å². The highest BCUT2D eigenvalue weighted by atomic mass is 35.5. The van der Waals surface area contributed by atoms with Crippen LogP contribution in [0.5, 0.6) is 0 Å². The number of carbonyl (C=O) groups is 2. The standard InChI is InChI=1S/C22H15ClF3N7O5/c1-32-14(9-28-19(32)20(34)29-11-4-5-12(13(23)7-11)21(35)38-2)16-17(30-31-18(16)22(24,25)26)10-3-6-15(27-8-10)33(36)37/h3-9H,1-2H3,(H,29,34)(H,30,31). The Balaban J connectivity index is 1.72. The highest BCUT2D eigenvalue weighted by Gasteiger charge is 2.39. The van der Waals surface area contributed by atoms with Gasteiger partial charge >= 0.3 is 18.0 Å². The van der Waals surface area contributed by atoms with E-state index in [1.807, 2.05) is 5.10 Å². The summed E-state index contributed by atoms with van der Waals surface area (Å²) in [5.41, 5.74) is -1.67. The quantitative estimate of drug-likeness (QED) is 0.202. The number of nitrogens with zero attached hydrogens (tertiary/aromatic N) is 5. The van der Waals surface area contributed by atoms with Crippen LogP contribution in [-0.2, 0) is 18.0 Å². The zero-order chi connectivity index (χ0) is 27.8. The fourth-order valence-electron chi connectivity index (χ4n) is 3.55. The van der Waals surface area contributed by atoms with E-state index in [2.05, 4.69) is 25.1 Å². The minimum atomic E-state index is -4.86. The minimum absolute atomic E-state index is 0.00439. The first-order valence-electron chi connectivity index (χ1n) is 10.4. The van der Waals surface area contributed by atoms with E-state index < -0.39 is 40.1 Å². The van der Waals surface area contributed by atoms with Crippen molar-refractivity contribution in [2.45, 2.75) is 6.18 Å². The van der Waals surface area contributed by atoms with Gasteiger partial charge in [0.25, 0.3) is 5.91 Å². The van der Waals surface area contributed by atoms with Gasteiger partial charge in [-0.25, -0.2) is 9.78 Å². The number of nitro groups is 1. The summed E-state index contributed by atoms with van der Waals surface area (Å²) in [6.07, 6.45) is -2.78. The van der Waals surface area contributed by atoms with Crippen molar-refractivity contribution in [3.63, 3.8) is 0 Å². The third kappa shape index (κ3) is 4.90. The van der Waals surface area contributed by atoms with Crippen LogP contribution in [0.2, 0.25) is 5.02 Å². The molecule has 0 aliphatic carbocycles. The Morgan fingerprint density at radius 1 is 1.18 bits per heavy atom. The van der Waals surface area contributed by atoms with Gasteiger partial charge in [0, 0.05) is 24.4 Å². The van der Waals surface area contributed by atoms with E-state index in [-0.39, 0.29) is 39.0 Å². The van der Waals surface area contributed by atoms with Gasteiger partial charge in [-0.1, -0.05) is 11.6 Å². The minimum Gasteiger partial charge on any atom is -0.465 e. The van der Waals surface area contributed by atoms with Crippen LogP contribution in [0.4, 0.5) is 24.7 Å². The van der Waals surface area contributed by atoms with Crippen molar-refractivity contribution in [3.8, 4) is 22.5 Å². The number of hydrogen-bond donors (Lipinski definition) is 2. The maximum atomic E-state index is 13.8. The number of benzene rings is 1. The number of methoxy groups -OCH3 is 1. The second-order valence-electron chi connectivity index (χ2n) is 7.65. The zero-order valence-electron chi connectivity index (χ0n) is 19.3. The third-order valence-electron chi connectivity index (χ3n) is 5.34. The molecule has 4 rings (SSSR count). The first-order valence-corrected chi connectivity index (χ1v) is 10.8. The maximum Gasteiger partial charge on any atom is 0.433 e. The zero-order valence-corrected chi connectivity index (χ0v) is 20.1. The Morgan fingerprint density at radius 2 is 1.92 bits per heavy atom. The lowest BCUT2D eigenvalue weighted by atomic mass is 10.0. The Morgan fingerprint density at radius 3 is 2.50 bits per heavy atom. The van der Waals surface area contributed by atoms with Gasteiger partial charge in [-0.15, -0.1) is 0 Å². The van der Waals surface area contributed by atoms with Crippen LogP contribution >= 0.6 is 11.6 Å². The van der Waals surface area contributed by atoms with Gasteiger partial charge in [0.2, 0.25) is 0 Å². The number of halogens is 4. The number of aromatic amines is 1. The number of imidazole rings is 1. The molecule has 16 heteroatoms. The van der Waals surface area contributed by atoms with Crippen molar-refractivity contribution in [3.05, 3.63) is 74.9 Å². The Kier molecular flexibility index (Phi) is 6.87. The van der Waals surface area contributed by atoms with Crippen molar-refractivity contribution in [2.75, 3.05) is 12.4 Å². The molecule has 2 N–H and O–H groups in total. The van der Waals surface area contributed by atoms with Gasteiger partial charge in [-0.2, -0.15) is 18.3 Å². The largest absolute Gasteiger partial charge is 0.465 e. The first kappa shape index (κ1) is 26.3. The molecule has 0 aliphatic rings. The summed E-state index contributed by atoms with van der Waals surface area (Å²) in [7, 11) is 2.51. The number of pyridine rings is 1. The predicted octanol–water partition coefficient (Wildman–Crippen LogP) is 4.49. The molecule has 0 fully saturated rings. The summed E-state index contributed by atoms with van der Waals surface area (Å²) in [6, 6.07) is 6.25. The van der Waals surface area contributed by atoms with Crippen LogP contribution in [0.15, 0.2) is 42.7 Å². The molecule has 1 aromatic carbocycles. The van der Waals surface area contributed by atoms with E-state index in [1.54, 1.807) is 0 Å². The van der Waals surface area contributed by atoms with Crippen LogP contribution < -0.4 is 5.32 Å². The van der Waals surface area contributed by atoms with E-state index in [1.165, 1.54) is 38.4 Å². The van der Waals surface area contributed by atoms with Crippen LogP contribution in [-0.4, -0.2) is 48.6 Å². The summed E-state index contributed by atoms with van der Waals surface area (Å²) in [4.78, 5) is 42.3. The SMILES string of the molecule is COC(=O)c1ccc(NC(=O)c2ncc(-c3c(-c4ccc([N+](=O)[O-])nc4)n[nH]c3C(F)(F)F)n2C)cc1Cl. The molecule has 3 aromatic heterocycles. The average molecular weight is 550 g/mol. The maximum absolute atomic E-state index is 13.8. The van der Waals surface area contributed by atoms with Gasteiger partial charge in [0.15, 0.2) is 5.82 Å². The molecule has 0 radical (unpaired) electrons. The molecule has 0 unspecified atom stereocenters. The number of carbonyl (C=O) groups excluding carboxylic acids is 2. The number of amides is 1.